The molecule has 0 aromatic carbocycles. The summed E-state index contributed by atoms with van der Waals surface area (Å²) < 4.78 is 5.75. The van der Waals surface area contributed by atoms with E-state index in [9.17, 15) is 0 Å². The van der Waals surface area contributed by atoms with Gasteiger partial charge < -0.3 is 21.2 Å². The fourth-order valence-electron chi connectivity index (χ4n) is 1.51. The Morgan fingerprint density at radius 1 is 1.17 bits per heavy atom. The maximum absolute atomic E-state index is 5.85. The highest BCUT2D eigenvalue weighted by Crippen LogP contribution is 2.19. The van der Waals surface area contributed by atoms with Crippen LogP contribution in [0, 0.1) is 10.8 Å². The first-order valence-corrected chi connectivity index (χ1v) is 6.31. The molecule has 0 radical (unpaired) electrons. The Morgan fingerprint density at radius 2 is 1.67 bits per heavy atom. The quantitative estimate of drug-likeness (QED) is 0.446. The van der Waals surface area contributed by atoms with E-state index in [1.54, 1.807) is 11.2 Å². The van der Waals surface area contributed by atoms with Crippen molar-refractivity contribution in [2.75, 3.05) is 26.3 Å². The van der Waals surface area contributed by atoms with Gasteiger partial charge >= 0.3 is 0 Å². The minimum absolute atomic E-state index is 0.0201. The summed E-state index contributed by atoms with van der Waals surface area (Å²) in [5.74, 6) is 5.85. The number of hydrogen-bond acceptors (Lipinski definition) is 5. The summed E-state index contributed by atoms with van der Waals surface area (Å²) in [7, 11) is 0. The first-order valence-electron chi connectivity index (χ1n) is 6.31. The van der Waals surface area contributed by atoms with Gasteiger partial charge in [-0.2, -0.15) is 0 Å². The van der Waals surface area contributed by atoms with E-state index in [1.165, 1.54) is 0 Å². The van der Waals surface area contributed by atoms with Crippen LogP contribution in [-0.4, -0.2) is 31.3 Å². The Bertz CT molecular complexity index is 270. The van der Waals surface area contributed by atoms with E-state index in [0.717, 1.165) is 0 Å². The summed E-state index contributed by atoms with van der Waals surface area (Å²) in [5, 5.41) is 1.60. The van der Waals surface area contributed by atoms with Crippen LogP contribution >= 0.6 is 0 Å². The van der Waals surface area contributed by atoms with Gasteiger partial charge in [0.25, 0.3) is 0 Å². The topological polar surface area (TPSA) is 90.5 Å². The molecule has 0 aromatic rings. The zero-order valence-electron chi connectivity index (χ0n) is 12.5. The second-order valence-corrected chi connectivity index (χ2v) is 6.57. The number of hydrogen-bond donors (Lipinski definition) is 3. The summed E-state index contributed by atoms with van der Waals surface area (Å²) in [4.78, 5) is 0. The van der Waals surface area contributed by atoms with Crippen LogP contribution < -0.4 is 17.3 Å². The Labute approximate surface area is 111 Å². The van der Waals surface area contributed by atoms with E-state index >= 15 is 0 Å². The number of nitrogens with two attached hydrogens (primary N) is 3. The highest BCUT2D eigenvalue weighted by Gasteiger charge is 2.22. The molecule has 18 heavy (non-hydrogen) atoms. The maximum Gasteiger partial charge on any atom is 0.0534 e. The van der Waals surface area contributed by atoms with E-state index in [1.807, 2.05) is 6.92 Å². The van der Waals surface area contributed by atoms with Crippen LogP contribution in [0.4, 0.5) is 0 Å². The lowest BCUT2D eigenvalue weighted by Gasteiger charge is -2.31. The van der Waals surface area contributed by atoms with E-state index in [0.29, 0.717) is 32.0 Å². The van der Waals surface area contributed by atoms with Gasteiger partial charge in [0.1, 0.15) is 0 Å². The molecule has 0 saturated carbocycles. The van der Waals surface area contributed by atoms with Gasteiger partial charge in [0, 0.05) is 29.3 Å². The summed E-state index contributed by atoms with van der Waals surface area (Å²) in [6.07, 6.45) is 1.73. The predicted octanol–water partition coefficient (Wildman–Crippen LogP) is 1.01. The second kappa shape index (κ2) is 6.97. The second-order valence-electron chi connectivity index (χ2n) is 6.57. The zero-order valence-corrected chi connectivity index (χ0v) is 12.5. The highest BCUT2D eigenvalue weighted by molar-refractivity contribution is 4.90. The van der Waals surface area contributed by atoms with Crippen molar-refractivity contribution in [1.82, 2.24) is 5.01 Å². The molecule has 0 aromatic heterocycles. The summed E-state index contributed by atoms with van der Waals surface area (Å²) in [6, 6.07) is 0. The molecule has 0 spiro atoms. The molecule has 0 aliphatic rings. The predicted molar refractivity (Wildman–Crippen MR) is 76.3 cm³/mol. The third-order valence-corrected chi connectivity index (χ3v) is 2.52. The molecule has 0 fully saturated rings. The molecule has 5 nitrogen and oxygen atoms in total. The van der Waals surface area contributed by atoms with Gasteiger partial charge in [-0.3, -0.25) is 0 Å². The number of rotatable bonds is 8. The third-order valence-electron chi connectivity index (χ3n) is 2.52. The van der Waals surface area contributed by atoms with Crippen molar-refractivity contribution >= 4 is 0 Å². The molecule has 0 aliphatic heterocycles. The van der Waals surface area contributed by atoms with Gasteiger partial charge in [0.2, 0.25) is 0 Å². The standard InChI is InChI=1S/C13H30N4O/c1-11(15)6-17(16)8-13(4,5)10-18-9-12(2,3)7-14/h6H,7-10,14-16H2,1-5H3/b11-6-. The van der Waals surface area contributed by atoms with Crippen LogP contribution in [0.2, 0.25) is 0 Å². The first-order chi connectivity index (χ1) is 8.08. The molecule has 5 heteroatoms. The van der Waals surface area contributed by atoms with Crippen LogP contribution in [-0.2, 0) is 4.74 Å². The molecule has 108 valence electrons. The van der Waals surface area contributed by atoms with E-state index in [4.69, 9.17) is 22.0 Å². The molecule has 0 rings (SSSR count). The monoisotopic (exact) mass is 258 g/mol. The van der Waals surface area contributed by atoms with Crippen LogP contribution in [0.1, 0.15) is 34.6 Å². The minimum atomic E-state index is -0.0363. The summed E-state index contributed by atoms with van der Waals surface area (Å²) in [5.41, 5.74) is 11.9. The van der Waals surface area contributed by atoms with E-state index in [-0.39, 0.29) is 10.8 Å². The Kier molecular flexibility index (Phi) is 6.67. The van der Waals surface area contributed by atoms with E-state index in [2.05, 4.69) is 27.7 Å². The van der Waals surface area contributed by atoms with Crippen molar-refractivity contribution in [1.29, 1.82) is 0 Å². The van der Waals surface area contributed by atoms with Crippen molar-refractivity contribution in [3.63, 3.8) is 0 Å². The van der Waals surface area contributed by atoms with Crippen LogP contribution in [0.25, 0.3) is 0 Å². The molecule has 0 aliphatic carbocycles. The number of nitrogens with zero attached hydrogens (tertiary/aromatic N) is 1. The maximum atomic E-state index is 5.85. The SMILES string of the molecule is C/C(N)=C/N(N)CC(C)(C)COCC(C)(C)CN. The Morgan fingerprint density at radius 3 is 2.11 bits per heavy atom. The van der Waals surface area contributed by atoms with Crippen molar-refractivity contribution in [2.45, 2.75) is 34.6 Å². The van der Waals surface area contributed by atoms with Crippen LogP contribution in [0.5, 0.6) is 0 Å². The van der Waals surface area contributed by atoms with Crippen LogP contribution in [0.15, 0.2) is 11.9 Å². The van der Waals surface area contributed by atoms with Gasteiger partial charge in [-0.25, -0.2) is 5.84 Å². The molecule has 0 bridgehead atoms. The van der Waals surface area contributed by atoms with Gasteiger partial charge in [-0.15, -0.1) is 0 Å². The van der Waals surface area contributed by atoms with Crippen LogP contribution in [0.3, 0.4) is 0 Å². The lowest BCUT2D eigenvalue weighted by atomic mass is 9.93. The molecule has 0 amide bonds. The van der Waals surface area contributed by atoms with Crippen molar-refractivity contribution in [3.05, 3.63) is 11.9 Å². The zero-order chi connectivity index (χ0) is 14.4. The lowest BCUT2D eigenvalue weighted by Crippen LogP contribution is -2.39. The largest absolute Gasteiger partial charge is 0.401 e. The normalized spacial score (nSPS) is 13.8. The number of ether oxygens (including phenoxy) is 1. The molecule has 6 N–H and O–H groups in total. The highest BCUT2D eigenvalue weighted by atomic mass is 16.5. The lowest BCUT2D eigenvalue weighted by molar-refractivity contribution is 0.00928. The fraction of sp³-hybridized carbons (Fsp3) is 0.846. The van der Waals surface area contributed by atoms with Crippen molar-refractivity contribution < 1.29 is 4.74 Å². The van der Waals surface area contributed by atoms with Gasteiger partial charge in [0.05, 0.1) is 13.2 Å². The number of hydrazine groups is 1. The average Bonchev–Trinajstić information content (AvgIpc) is 2.14. The van der Waals surface area contributed by atoms with Crippen molar-refractivity contribution in [3.8, 4) is 0 Å². The van der Waals surface area contributed by atoms with Gasteiger partial charge in [0.15, 0.2) is 0 Å². The molecule has 0 heterocycles. The molecule has 0 atom stereocenters. The van der Waals surface area contributed by atoms with Gasteiger partial charge in [-0.05, 0) is 13.5 Å². The fourth-order valence-corrected chi connectivity index (χ4v) is 1.51. The molecular weight excluding hydrogens is 228 g/mol. The summed E-state index contributed by atoms with van der Waals surface area (Å²) >= 11 is 0. The first kappa shape index (κ1) is 17.2. The number of allylic oxidation sites excluding steroid dienone is 1. The third kappa shape index (κ3) is 8.33. The summed E-state index contributed by atoms with van der Waals surface area (Å²) in [6.45, 7) is 12.8. The molecule has 0 unspecified atom stereocenters. The Hall–Kier alpha value is -0.780. The minimum Gasteiger partial charge on any atom is -0.401 e. The van der Waals surface area contributed by atoms with E-state index < -0.39 is 0 Å². The molecule has 0 saturated heterocycles. The average molecular weight is 258 g/mol. The smallest absolute Gasteiger partial charge is 0.0534 e. The molecular formula is C13H30N4O. The van der Waals surface area contributed by atoms with Gasteiger partial charge in [-0.1, -0.05) is 27.7 Å². The Balaban J connectivity index is 4.12. The van der Waals surface area contributed by atoms with Crippen molar-refractivity contribution in [2.24, 2.45) is 28.1 Å².